The predicted molar refractivity (Wildman–Crippen MR) is 68.9 cm³/mol. The van der Waals surface area contributed by atoms with Crippen LogP contribution in [-0.4, -0.2) is 35.4 Å². The van der Waals surface area contributed by atoms with Crippen molar-refractivity contribution in [3.05, 3.63) is 0 Å². The molecular weight excluding hydrogens is 218 g/mol. The second kappa shape index (κ2) is 6.97. The molecule has 0 aromatic heterocycles. The van der Waals surface area contributed by atoms with Crippen LogP contribution in [0, 0.1) is 0 Å². The Bertz CT molecular complexity index is 237. The number of hydrogen-bond acceptors (Lipinski definition) is 3. The first-order valence-electron chi connectivity index (χ1n) is 6.28. The summed E-state index contributed by atoms with van der Waals surface area (Å²) in [6, 6.07) is 0. The van der Waals surface area contributed by atoms with Crippen molar-refractivity contribution in [2.75, 3.05) is 13.2 Å². The summed E-state index contributed by atoms with van der Waals surface area (Å²) in [5, 5.41) is 11.5. The van der Waals surface area contributed by atoms with Crippen LogP contribution in [0.2, 0.25) is 0 Å². The average Bonchev–Trinajstić information content (AvgIpc) is 2.16. The monoisotopic (exact) mass is 245 g/mol. The maximum Gasteiger partial charge on any atom is 0.222 e. The highest BCUT2D eigenvalue weighted by Crippen LogP contribution is 2.16. The van der Waals surface area contributed by atoms with Crippen molar-refractivity contribution < 1.29 is 14.6 Å². The summed E-state index contributed by atoms with van der Waals surface area (Å²) in [7, 11) is 0. The summed E-state index contributed by atoms with van der Waals surface area (Å²) in [5.41, 5.74) is -0.402. The van der Waals surface area contributed by atoms with E-state index in [-0.39, 0.29) is 30.1 Å². The third-order valence-corrected chi connectivity index (χ3v) is 2.89. The first-order chi connectivity index (χ1) is 7.72. The fourth-order valence-corrected chi connectivity index (χ4v) is 1.29. The molecule has 0 atom stereocenters. The molecule has 4 nitrogen and oxygen atoms in total. The predicted octanol–water partition coefficient (Wildman–Crippen LogP) is 1.86. The van der Waals surface area contributed by atoms with Gasteiger partial charge in [0.05, 0.1) is 12.2 Å². The molecule has 1 amide bonds. The maximum absolute atomic E-state index is 11.4. The van der Waals surface area contributed by atoms with Crippen LogP contribution in [0.1, 0.15) is 53.9 Å². The van der Waals surface area contributed by atoms with Crippen molar-refractivity contribution in [1.29, 1.82) is 0 Å². The van der Waals surface area contributed by atoms with Gasteiger partial charge in [-0.05, 0) is 40.5 Å². The van der Waals surface area contributed by atoms with Gasteiger partial charge < -0.3 is 15.2 Å². The van der Waals surface area contributed by atoms with Crippen LogP contribution in [0.15, 0.2) is 0 Å². The quantitative estimate of drug-likeness (QED) is 0.686. The first kappa shape index (κ1) is 16.4. The number of nitrogens with one attached hydrogen (secondary N) is 1. The SMILES string of the molecule is CCC(C)(C)OCCC(C)(C)NC(=O)CCO. The fraction of sp³-hybridized carbons (Fsp3) is 0.923. The number of rotatable bonds is 8. The number of hydrogen-bond donors (Lipinski definition) is 2. The lowest BCUT2D eigenvalue weighted by Gasteiger charge is -2.29. The van der Waals surface area contributed by atoms with Gasteiger partial charge in [0.15, 0.2) is 0 Å². The van der Waals surface area contributed by atoms with Crippen LogP contribution >= 0.6 is 0 Å². The molecule has 0 aromatic carbocycles. The minimum Gasteiger partial charge on any atom is -0.396 e. The third-order valence-electron chi connectivity index (χ3n) is 2.89. The molecule has 102 valence electrons. The van der Waals surface area contributed by atoms with Gasteiger partial charge >= 0.3 is 0 Å². The summed E-state index contributed by atoms with van der Waals surface area (Å²) in [6.07, 6.45) is 1.88. The van der Waals surface area contributed by atoms with Crippen LogP contribution in [0.4, 0.5) is 0 Å². The Kier molecular flexibility index (Phi) is 6.72. The van der Waals surface area contributed by atoms with Crippen molar-refractivity contribution in [2.24, 2.45) is 0 Å². The van der Waals surface area contributed by atoms with Crippen molar-refractivity contribution in [3.63, 3.8) is 0 Å². The molecule has 0 aliphatic rings. The van der Waals surface area contributed by atoms with Crippen LogP contribution in [0.25, 0.3) is 0 Å². The van der Waals surface area contributed by atoms with Gasteiger partial charge in [0.1, 0.15) is 0 Å². The Balaban J connectivity index is 3.97. The summed E-state index contributed by atoms with van der Waals surface area (Å²) < 4.78 is 5.76. The zero-order valence-electron chi connectivity index (χ0n) is 11.8. The minimum absolute atomic E-state index is 0.106. The number of aliphatic hydroxyl groups is 1. The molecule has 0 heterocycles. The van der Waals surface area contributed by atoms with Gasteiger partial charge in [-0.25, -0.2) is 0 Å². The van der Waals surface area contributed by atoms with Gasteiger partial charge in [0, 0.05) is 18.6 Å². The van der Waals surface area contributed by atoms with E-state index in [2.05, 4.69) is 26.1 Å². The summed E-state index contributed by atoms with van der Waals surface area (Å²) in [6.45, 7) is 10.6. The van der Waals surface area contributed by atoms with E-state index in [9.17, 15) is 4.79 Å². The van der Waals surface area contributed by atoms with E-state index in [0.717, 1.165) is 12.8 Å². The Morgan fingerprint density at radius 1 is 1.29 bits per heavy atom. The molecule has 0 aliphatic carbocycles. The highest BCUT2D eigenvalue weighted by atomic mass is 16.5. The van der Waals surface area contributed by atoms with E-state index in [1.165, 1.54) is 0 Å². The molecular formula is C13H27NO3. The number of amides is 1. The average molecular weight is 245 g/mol. The molecule has 0 radical (unpaired) electrons. The van der Waals surface area contributed by atoms with E-state index in [4.69, 9.17) is 9.84 Å². The van der Waals surface area contributed by atoms with E-state index in [1.54, 1.807) is 0 Å². The van der Waals surface area contributed by atoms with E-state index < -0.39 is 0 Å². The van der Waals surface area contributed by atoms with E-state index in [0.29, 0.717) is 6.61 Å². The standard InChI is InChI=1S/C13H27NO3/c1-6-13(4,5)17-10-8-12(2,3)14-11(16)7-9-15/h15H,6-10H2,1-5H3,(H,14,16). The van der Waals surface area contributed by atoms with Gasteiger partial charge in [0.2, 0.25) is 5.91 Å². The zero-order chi connectivity index (χ0) is 13.5. The first-order valence-corrected chi connectivity index (χ1v) is 6.28. The highest BCUT2D eigenvalue weighted by Gasteiger charge is 2.22. The number of aliphatic hydroxyl groups excluding tert-OH is 1. The second-order valence-electron chi connectivity index (χ2n) is 5.62. The largest absolute Gasteiger partial charge is 0.396 e. The lowest BCUT2D eigenvalue weighted by molar-refractivity contribution is -0.123. The molecule has 0 saturated heterocycles. The molecule has 0 bridgehead atoms. The molecule has 0 rings (SSSR count). The normalized spacial score (nSPS) is 12.6. The highest BCUT2D eigenvalue weighted by molar-refractivity contribution is 5.76. The molecule has 0 fully saturated rings. The van der Waals surface area contributed by atoms with Crippen LogP contribution < -0.4 is 5.32 Å². The van der Waals surface area contributed by atoms with Gasteiger partial charge in [-0.2, -0.15) is 0 Å². The van der Waals surface area contributed by atoms with Crippen molar-refractivity contribution >= 4 is 5.91 Å². The number of carbonyl (C=O) groups excluding carboxylic acids is 1. The summed E-state index contributed by atoms with van der Waals surface area (Å²) in [4.78, 5) is 11.4. The van der Waals surface area contributed by atoms with Crippen LogP contribution in [-0.2, 0) is 9.53 Å². The maximum atomic E-state index is 11.4. The van der Waals surface area contributed by atoms with Gasteiger partial charge in [0.25, 0.3) is 0 Å². The van der Waals surface area contributed by atoms with Crippen molar-refractivity contribution in [1.82, 2.24) is 5.32 Å². The molecule has 0 unspecified atom stereocenters. The Morgan fingerprint density at radius 3 is 2.35 bits per heavy atom. The zero-order valence-corrected chi connectivity index (χ0v) is 11.8. The summed E-state index contributed by atoms with van der Waals surface area (Å²) >= 11 is 0. The second-order valence-corrected chi connectivity index (χ2v) is 5.62. The fourth-order valence-electron chi connectivity index (χ4n) is 1.29. The summed E-state index contributed by atoms with van der Waals surface area (Å²) in [5.74, 6) is -0.118. The smallest absolute Gasteiger partial charge is 0.222 e. The van der Waals surface area contributed by atoms with Gasteiger partial charge in [-0.1, -0.05) is 6.92 Å². The number of ether oxygens (including phenoxy) is 1. The Hall–Kier alpha value is -0.610. The molecule has 2 N–H and O–H groups in total. The molecule has 0 spiro atoms. The topological polar surface area (TPSA) is 58.6 Å². The van der Waals surface area contributed by atoms with Crippen molar-refractivity contribution in [3.8, 4) is 0 Å². The van der Waals surface area contributed by atoms with Crippen LogP contribution in [0.3, 0.4) is 0 Å². The molecule has 0 aromatic rings. The molecule has 17 heavy (non-hydrogen) atoms. The van der Waals surface area contributed by atoms with Gasteiger partial charge in [-0.3, -0.25) is 4.79 Å². The van der Waals surface area contributed by atoms with Crippen LogP contribution in [0.5, 0.6) is 0 Å². The Labute approximate surface area is 105 Å². The van der Waals surface area contributed by atoms with E-state index >= 15 is 0 Å². The van der Waals surface area contributed by atoms with E-state index in [1.807, 2.05) is 13.8 Å². The molecule has 0 aliphatic heterocycles. The Morgan fingerprint density at radius 2 is 1.88 bits per heavy atom. The van der Waals surface area contributed by atoms with Gasteiger partial charge in [-0.15, -0.1) is 0 Å². The number of carbonyl (C=O) groups is 1. The molecule has 0 saturated carbocycles. The van der Waals surface area contributed by atoms with Crippen molar-refractivity contribution in [2.45, 2.75) is 65.0 Å². The third kappa shape index (κ3) is 8.16. The lowest BCUT2D eigenvalue weighted by atomic mass is 10.0. The minimum atomic E-state index is -0.296. The lowest BCUT2D eigenvalue weighted by Crippen LogP contribution is -2.44. The molecule has 4 heteroatoms.